The molecule has 0 saturated carbocycles. The van der Waals surface area contributed by atoms with Gasteiger partial charge in [0, 0.05) is 11.5 Å². The molecule has 0 spiro atoms. The molecule has 1 nitrogen and oxygen atoms in total. The molecule has 0 aliphatic heterocycles. The number of ketones is 1. The summed E-state index contributed by atoms with van der Waals surface area (Å²) in [4.78, 5) is 11.1. The first-order valence-electron chi connectivity index (χ1n) is 3.44. The number of rotatable bonds is 0. The quantitative estimate of drug-likeness (QED) is 0.527. The first-order valence-corrected chi connectivity index (χ1v) is 3.44. The maximum atomic E-state index is 11.1. The molecule has 0 N–H and O–H groups in total. The van der Waals surface area contributed by atoms with Gasteiger partial charge in [0.25, 0.3) is 0 Å². The predicted octanol–water partition coefficient (Wildman–Crippen LogP) is 1.99. The third-order valence-corrected chi connectivity index (χ3v) is 2.09. The molecule has 2 rings (SSSR count). The minimum Gasteiger partial charge on any atom is -0.293 e. The van der Waals surface area contributed by atoms with Crippen LogP contribution in [0.3, 0.4) is 0 Å². The van der Waals surface area contributed by atoms with E-state index in [1.807, 2.05) is 31.2 Å². The zero-order valence-electron chi connectivity index (χ0n) is 5.79. The number of fused-ring (bicyclic) bond motifs is 1. The van der Waals surface area contributed by atoms with E-state index in [1.165, 1.54) is 5.56 Å². The highest BCUT2D eigenvalue weighted by Gasteiger charge is 2.30. The van der Waals surface area contributed by atoms with Crippen LogP contribution in [0.5, 0.6) is 0 Å². The smallest absolute Gasteiger partial charge is 0.170 e. The van der Waals surface area contributed by atoms with Crippen LogP contribution in [0.25, 0.3) is 0 Å². The van der Waals surface area contributed by atoms with Crippen LogP contribution in [0.1, 0.15) is 28.8 Å². The van der Waals surface area contributed by atoms with E-state index in [0.29, 0.717) is 0 Å². The molecule has 1 heteroatoms. The van der Waals surface area contributed by atoms with Gasteiger partial charge in [0.05, 0.1) is 0 Å². The average molecular weight is 132 g/mol. The second-order valence-corrected chi connectivity index (χ2v) is 2.67. The predicted molar refractivity (Wildman–Crippen MR) is 39.2 cm³/mol. The standard InChI is InChI=1S/C9H8O/c1-6-7-4-2-3-5-8(7)9(6)10/h2-6H,1H3. The summed E-state index contributed by atoms with van der Waals surface area (Å²) in [6, 6.07) is 7.78. The van der Waals surface area contributed by atoms with Crippen LogP contribution in [0.2, 0.25) is 0 Å². The van der Waals surface area contributed by atoms with Crippen LogP contribution >= 0.6 is 0 Å². The highest BCUT2D eigenvalue weighted by Crippen LogP contribution is 2.33. The van der Waals surface area contributed by atoms with E-state index < -0.39 is 0 Å². The SMILES string of the molecule is CC1C(=O)c2ccccc21. The molecule has 0 bridgehead atoms. The Labute approximate surface area is 59.7 Å². The van der Waals surface area contributed by atoms with Gasteiger partial charge in [-0.2, -0.15) is 0 Å². The summed E-state index contributed by atoms with van der Waals surface area (Å²) in [7, 11) is 0. The van der Waals surface area contributed by atoms with Gasteiger partial charge < -0.3 is 0 Å². The Morgan fingerprint density at radius 2 is 2.00 bits per heavy atom. The molecule has 1 aromatic rings. The van der Waals surface area contributed by atoms with Gasteiger partial charge in [-0.25, -0.2) is 0 Å². The largest absolute Gasteiger partial charge is 0.293 e. The number of carbonyl (C=O) groups excluding carboxylic acids is 1. The van der Waals surface area contributed by atoms with Gasteiger partial charge in [-0.1, -0.05) is 31.2 Å². The molecule has 0 aromatic heterocycles. The van der Waals surface area contributed by atoms with Crippen molar-refractivity contribution in [3.63, 3.8) is 0 Å². The monoisotopic (exact) mass is 132 g/mol. The van der Waals surface area contributed by atoms with Gasteiger partial charge in [0.1, 0.15) is 0 Å². The normalized spacial score (nSPS) is 21.7. The fraction of sp³-hybridized carbons (Fsp3) is 0.222. The molecule has 0 saturated heterocycles. The summed E-state index contributed by atoms with van der Waals surface area (Å²) >= 11 is 0. The van der Waals surface area contributed by atoms with Gasteiger partial charge in [0.2, 0.25) is 0 Å². The molecule has 0 heterocycles. The van der Waals surface area contributed by atoms with E-state index in [9.17, 15) is 4.79 Å². The van der Waals surface area contributed by atoms with Gasteiger partial charge in [-0.3, -0.25) is 4.79 Å². The van der Waals surface area contributed by atoms with Crippen molar-refractivity contribution in [1.82, 2.24) is 0 Å². The molecule has 1 atom stereocenters. The zero-order chi connectivity index (χ0) is 7.14. The van der Waals surface area contributed by atoms with Crippen LogP contribution in [0.15, 0.2) is 24.3 Å². The minimum atomic E-state index is 0.149. The Morgan fingerprint density at radius 3 is 2.70 bits per heavy atom. The van der Waals surface area contributed by atoms with Gasteiger partial charge in [-0.05, 0) is 5.56 Å². The summed E-state index contributed by atoms with van der Waals surface area (Å²) in [6.45, 7) is 1.95. The van der Waals surface area contributed by atoms with Crippen molar-refractivity contribution in [2.75, 3.05) is 0 Å². The first-order chi connectivity index (χ1) is 4.80. The van der Waals surface area contributed by atoms with Crippen molar-refractivity contribution >= 4 is 5.78 Å². The second kappa shape index (κ2) is 1.69. The summed E-state index contributed by atoms with van der Waals surface area (Å²) in [5.74, 6) is 0.437. The molecule has 1 aliphatic rings. The van der Waals surface area contributed by atoms with Gasteiger partial charge in [-0.15, -0.1) is 0 Å². The van der Waals surface area contributed by atoms with E-state index in [1.54, 1.807) is 0 Å². The van der Waals surface area contributed by atoms with Crippen molar-refractivity contribution in [3.05, 3.63) is 35.4 Å². The first kappa shape index (κ1) is 5.66. The van der Waals surface area contributed by atoms with E-state index in [2.05, 4.69) is 0 Å². The van der Waals surface area contributed by atoms with Crippen molar-refractivity contribution < 1.29 is 4.79 Å². The summed E-state index contributed by atoms with van der Waals surface area (Å²) < 4.78 is 0. The third kappa shape index (κ3) is 0.499. The van der Waals surface area contributed by atoms with Crippen LogP contribution in [-0.4, -0.2) is 5.78 Å². The topological polar surface area (TPSA) is 17.1 Å². The molecule has 50 valence electrons. The fourth-order valence-electron chi connectivity index (χ4n) is 1.40. The van der Waals surface area contributed by atoms with E-state index in [-0.39, 0.29) is 11.7 Å². The minimum absolute atomic E-state index is 0.149. The van der Waals surface area contributed by atoms with E-state index in [4.69, 9.17) is 0 Å². The number of Topliss-reactive ketones (excluding diaryl/α,β-unsaturated/α-hetero) is 1. The third-order valence-electron chi connectivity index (χ3n) is 2.09. The molecular weight excluding hydrogens is 124 g/mol. The maximum absolute atomic E-state index is 11.1. The fourth-order valence-corrected chi connectivity index (χ4v) is 1.40. The van der Waals surface area contributed by atoms with Crippen molar-refractivity contribution in [2.45, 2.75) is 12.8 Å². The molecule has 10 heavy (non-hydrogen) atoms. The summed E-state index contributed by atoms with van der Waals surface area (Å²) in [5, 5.41) is 0. The molecule has 1 aromatic carbocycles. The van der Waals surface area contributed by atoms with Gasteiger partial charge in [0.15, 0.2) is 5.78 Å². The molecule has 1 aliphatic carbocycles. The molecule has 0 radical (unpaired) electrons. The van der Waals surface area contributed by atoms with E-state index in [0.717, 1.165) is 5.56 Å². The van der Waals surface area contributed by atoms with Crippen molar-refractivity contribution in [2.24, 2.45) is 0 Å². The Hall–Kier alpha value is -1.11. The van der Waals surface area contributed by atoms with Crippen molar-refractivity contribution in [1.29, 1.82) is 0 Å². The maximum Gasteiger partial charge on any atom is 0.170 e. The lowest BCUT2D eigenvalue weighted by atomic mass is 9.78. The van der Waals surface area contributed by atoms with E-state index >= 15 is 0 Å². The highest BCUT2D eigenvalue weighted by atomic mass is 16.1. The number of hydrogen-bond donors (Lipinski definition) is 0. The summed E-state index contributed by atoms with van der Waals surface area (Å²) in [6.07, 6.45) is 0. The van der Waals surface area contributed by atoms with Crippen LogP contribution in [0.4, 0.5) is 0 Å². The van der Waals surface area contributed by atoms with Crippen LogP contribution < -0.4 is 0 Å². The Kier molecular flexibility index (Phi) is 0.956. The number of benzene rings is 1. The molecule has 1 unspecified atom stereocenters. The molecule has 0 amide bonds. The molecule has 0 fully saturated rings. The lowest BCUT2D eigenvalue weighted by Gasteiger charge is -2.24. The lowest BCUT2D eigenvalue weighted by Crippen LogP contribution is -2.23. The highest BCUT2D eigenvalue weighted by molar-refractivity contribution is 6.10. The van der Waals surface area contributed by atoms with Crippen LogP contribution in [0, 0.1) is 0 Å². The van der Waals surface area contributed by atoms with Gasteiger partial charge >= 0.3 is 0 Å². The summed E-state index contributed by atoms with van der Waals surface area (Å²) in [5.41, 5.74) is 2.11. The van der Waals surface area contributed by atoms with Crippen molar-refractivity contribution in [3.8, 4) is 0 Å². The number of carbonyl (C=O) groups is 1. The lowest BCUT2D eigenvalue weighted by molar-refractivity contribution is 0.0935. The Bertz CT molecular complexity index is 289. The second-order valence-electron chi connectivity index (χ2n) is 2.67. The van der Waals surface area contributed by atoms with Crippen LogP contribution in [-0.2, 0) is 0 Å². The Balaban J connectivity index is 2.60. The Morgan fingerprint density at radius 1 is 1.30 bits per heavy atom. The average Bonchev–Trinajstić information content (AvgIpc) is 2.03. The number of hydrogen-bond acceptors (Lipinski definition) is 1. The zero-order valence-corrected chi connectivity index (χ0v) is 5.79. The molecular formula is C9H8O.